The maximum absolute atomic E-state index is 6.65. The smallest absolute Gasteiger partial charge is 0.160 e. The van der Waals surface area contributed by atoms with Gasteiger partial charge in [-0.15, -0.1) is 0 Å². The Morgan fingerprint density at radius 2 is 1.77 bits per heavy atom. The fourth-order valence-corrected chi connectivity index (χ4v) is 4.36. The number of aryl methyl sites for hydroxylation is 1. The minimum atomic E-state index is -1.62. The second-order valence-electron chi connectivity index (χ2n) is 7.50. The molecule has 0 spiro atoms. The van der Waals surface area contributed by atoms with Gasteiger partial charge in [0.25, 0.3) is 0 Å². The summed E-state index contributed by atoms with van der Waals surface area (Å²) in [5.41, 5.74) is 5.40. The molecule has 0 aliphatic rings. The minimum Gasteiger partial charge on any atom is -0.464 e. The van der Waals surface area contributed by atoms with E-state index in [-0.39, 0.29) is 0 Å². The molecular formula is C20H20ClN3OSi. The Balaban J connectivity index is 2.11. The highest BCUT2D eigenvalue weighted by atomic mass is 35.5. The monoisotopic (exact) mass is 381 g/mol. The highest BCUT2D eigenvalue weighted by Crippen LogP contribution is 2.41. The molecule has 0 amide bonds. The molecule has 0 N–H and O–H groups in total. The molecule has 3 heterocycles. The predicted molar refractivity (Wildman–Crippen MR) is 110 cm³/mol. The van der Waals surface area contributed by atoms with Gasteiger partial charge in [-0.25, -0.2) is 4.98 Å². The number of nitrogens with zero attached hydrogens (tertiary/aromatic N) is 3. The van der Waals surface area contributed by atoms with E-state index < -0.39 is 8.07 Å². The number of rotatable bonds is 3. The Hall–Kier alpha value is -2.37. The molecule has 6 heteroatoms. The van der Waals surface area contributed by atoms with E-state index in [1.165, 1.54) is 0 Å². The molecule has 4 rings (SSSR count). The van der Waals surface area contributed by atoms with E-state index in [1.807, 2.05) is 43.7 Å². The summed E-state index contributed by atoms with van der Waals surface area (Å²) in [6, 6.07) is 12.2. The zero-order valence-corrected chi connectivity index (χ0v) is 17.0. The number of hydrogen-bond donors (Lipinski definition) is 0. The van der Waals surface area contributed by atoms with Gasteiger partial charge >= 0.3 is 0 Å². The summed E-state index contributed by atoms with van der Waals surface area (Å²) in [6.45, 7) is 6.78. The second-order valence-corrected chi connectivity index (χ2v) is 12.8. The summed E-state index contributed by atoms with van der Waals surface area (Å²) in [7, 11) is 0.274. The molecule has 0 fully saturated rings. The van der Waals surface area contributed by atoms with E-state index in [0.717, 1.165) is 38.7 Å². The summed E-state index contributed by atoms with van der Waals surface area (Å²) in [5, 5.41) is 5.79. The van der Waals surface area contributed by atoms with Crippen LogP contribution in [0.2, 0.25) is 24.8 Å². The lowest BCUT2D eigenvalue weighted by Gasteiger charge is -2.12. The first-order valence-corrected chi connectivity index (χ1v) is 12.4. The first-order chi connectivity index (χ1) is 12.3. The van der Waals surface area contributed by atoms with Crippen LogP contribution in [0.25, 0.3) is 33.4 Å². The van der Waals surface area contributed by atoms with Crippen LogP contribution >= 0.6 is 11.6 Å². The van der Waals surface area contributed by atoms with E-state index in [0.29, 0.717) is 5.15 Å². The van der Waals surface area contributed by atoms with Gasteiger partial charge in [-0.2, -0.15) is 5.10 Å². The van der Waals surface area contributed by atoms with Gasteiger partial charge in [-0.3, -0.25) is 4.68 Å². The third-order valence-corrected chi connectivity index (χ3v) is 6.41. The Morgan fingerprint density at radius 3 is 2.38 bits per heavy atom. The first-order valence-electron chi connectivity index (χ1n) is 8.52. The molecule has 0 saturated heterocycles. The number of pyridine rings is 1. The standard InChI is InChI=1S/C20H20ClN3OSi/c1-24-12-14(11-22-24)18-17(13-8-6-5-7-9-13)19-15(23-20(18)21)10-16(25-19)26(2,3)4/h5-12H,1-4H3. The lowest BCUT2D eigenvalue weighted by Crippen LogP contribution is -2.36. The molecule has 0 bridgehead atoms. The Kier molecular flexibility index (Phi) is 4.01. The van der Waals surface area contributed by atoms with Crippen LogP contribution < -0.4 is 5.38 Å². The molecule has 0 aliphatic carbocycles. The van der Waals surface area contributed by atoms with E-state index in [1.54, 1.807) is 4.68 Å². The summed E-state index contributed by atoms with van der Waals surface area (Å²) < 4.78 is 8.12. The van der Waals surface area contributed by atoms with Crippen molar-refractivity contribution in [2.24, 2.45) is 7.05 Å². The fraction of sp³-hybridized carbons (Fsp3) is 0.200. The first kappa shape index (κ1) is 17.1. The van der Waals surface area contributed by atoms with Gasteiger partial charge in [0.2, 0.25) is 0 Å². The number of benzene rings is 1. The van der Waals surface area contributed by atoms with Gasteiger partial charge in [0.1, 0.15) is 18.7 Å². The van der Waals surface area contributed by atoms with Crippen molar-refractivity contribution in [1.29, 1.82) is 0 Å². The molecule has 132 valence electrons. The zero-order chi connectivity index (χ0) is 18.5. The number of furan rings is 1. The molecule has 4 nitrogen and oxygen atoms in total. The van der Waals surface area contributed by atoms with Crippen molar-refractivity contribution < 1.29 is 4.42 Å². The van der Waals surface area contributed by atoms with Crippen LogP contribution in [0.3, 0.4) is 0 Å². The highest BCUT2D eigenvalue weighted by molar-refractivity contribution is 6.87. The molecule has 4 aromatic rings. The van der Waals surface area contributed by atoms with Crippen molar-refractivity contribution >= 4 is 36.2 Å². The van der Waals surface area contributed by atoms with Crippen LogP contribution in [-0.4, -0.2) is 22.8 Å². The minimum absolute atomic E-state index is 0.465. The van der Waals surface area contributed by atoms with Crippen molar-refractivity contribution in [3.05, 3.63) is 53.9 Å². The normalized spacial score (nSPS) is 12.0. The largest absolute Gasteiger partial charge is 0.464 e. The van der Waals surface area contributed by atoms with Gasteiger partial charge in [0, 0.05) is 36.0 Å². The molecule has 0 saturated carbocycles. The zero-order valence-electron chi connectivity index (χ0n) is 15.2. The lowest BCUT2D eigenvalue weighted by molar-refractivity contribution is 0.649. The van der Waals surface area contributed by atoms with Crippen molar-refractivity contribution in [2.45, 2.75) is 19.6 Å². The number of hydrogen-bond acceptors (Lipinski definition) is 3. The van der Waals surface area contributed by atoms with Crippen molar-refractivity contribution in [3.8, 4) is 22.3 Å². The van der Waals surface area contributed by atoms with Crippen LogP contribution in [-0.2, 0) is 7.05 Å². The lowest BCUT2D eigenvalue weighted by atomic mass is 9.97. The summed E-state index contributed by atoms with van der Waals surface area (Å²) in [5.74, 6) is 0. The maximum atomic E-state index is 6.65. The maximum Gasteiger partial charge on any atom is 0.160 e. The molecular weight excluding hydrogens is 362 g/mol. The Bertz CT molecular complexity index is 1090. The van der Waals surface area contributed by atoms with E-state index in [2.05, 4.69) is 41.9 Å². The van der Waals surface area contributed by atoms with Crippen molar-refractivity contribution in [2.75, 3.05) is 0 Å². The SMILES string of the molecule is Cn1cc(-c2c(Cl)nc3cc([Si](C)(C)C)oc3c2-c2ccccc2)cn1. The highest BCUT2D eigenvalue weighted by Gasteiger charge is 2.26. The molecule has 0 radical (unpaired) electrons. The molecule has 0 aliphatic heterocycles. The molecule has 26 heavy (non-hydrogen) atoms. The summed E-state index contributed by atoms with van der Waals surface area (Å²) >= 11 is 6.65. The second kappa shape index (κ2) is 6.11. The molecule has 1 aromatic carbocycles. The van der Waals surface area contributed by atoms with Crippen LogP contribution in [0, 0.1) is 0 Å². The van der Waals surface area contributed by atoms with Gasteiger partial charge in [-0.1, -0.05) is 61.6 Å². The van der Waals surface area contributed by atoms with Crippen molar-refractivity contribution in [3.63, 3.8) is 0 Å². The molecule has 0 unspecified atom stereocenters. The average molecular weight is 382 g/mol. The van der Waals surface area contributed by atoms with Gasteiger partial charge < -0.3 is 4.42 Å². The van der Waals surface area contributed by atoms with Crippen LogP contribution in [0.5, 0.6) is 0 Å². The Morgan fingerprint density at radius 1 is 1.04 bits per heavy atom. The predicted octanol–water partition coefficient (Wildman–Crippen LogP) is 5.09. The van der Waals surface area contributed by atoms with Gasteiger partial charge in [0.05, 0.1) is 11.6 Å². The van der Waals surface area contributed by atoms with Crippen LogP contribution in [0.1, 0.15) is 0 Å². The molecule has 0 atom stereocenters. The quantitative estimate of drug-likeness (QED) is 0.366. The average Bonchev–Trinajstić information content (AvgIpc) is 3.20. The van der Waals surface area contributed by atoms with E-state index >= 15 is 0 Å². The number of aromatic nitrogens is 3. The molecule has 3 aromatic heterocycles. The fourth-order valence-electron chi connectivity index (χ4n) is 3.09. The third-order valence-electron chi connectivity index (χ3n) is 4.41. The Labute approximate surface area is 158 Å². The summed E-state index contributed by atoms with van der Waals surface area (Å²) in [6.07, 6.45) is 3.76. The number of fused-ring (bicyclic) bond motifs is 1. The van der Waals surface area contributed by atoms with E-state index in [4.69, 9.17) is 16.0 Å². The topological polar surface area (TPSA) is 43.9 Å². The van der Waals surface area contributed by atoms with Crippen LogP contribution in [0.15, 0.2) is 53.2 Å². The van der Waals surface area contributed by atoms with Crippen molar-refractivity contribution in [1.82, 2.24) is 14.8 Å². The van der Waals surface area contributed by atoms with E-state index in [9.17, 15) is 0 Å². The van der Waals surface area contributed by atoms with Gasteiger partial charge in [-0.05, 0) is 5.56 Å². The third kappa shape index (κ3) is 2.87. The number of halogens is 1. The van der Waals surface area contributed by atoms with Gasteiger partial charge in [0.15, 0.2) is 5.58 Å². The summed E-state index contributed by atoms with van der Waals surface area (Å²) in [4.78, 5) is 4.64. The van der Waals surface area contributed by atoms with Crippen LogP contribution in [0.4, 0.5) is 0 Å².